The van der Waals surface area contributed by atoms with Gasteiger partial charge in [0.15, 0.2) is 0 Å². The van der Waals surface area contributed by atoms with Crippen LogP contribution in [0.15, 0.2) is 0 Å². The summed E-state index contributed by atoms with van der Waals surface area (Å²) in [6.45, 7) is 6.64. The van der Waals surface area contributed by atoms with Crippen molar-refractivity contribution in [2.75, 3.05) is 27.2 Å². The Morgan fingerprint density at radius 2 is 2.00 bits per heavy atom. The van der Waals surface area contributed by atoms with E-state index in [0.717, 1.165) is 0 Å². The van der Waals surface area contributed by atoms with Crippen molar-refractivity contribution < 1.29 is 14.4 Å². The highest BCUT2D eigenvalue weighted by Gasteiger charge is 2.18. The predicted molar refractivity (Wildman–Crippen MR) is 53.9 cm³/mol. The normalized spacial score (nSPS) is 11.2. The standard InChI is InChI=1S/C9H20N2O3/c1-9(2,3)14-8(12)11(4)7-6-10-13-5/h10H,6-7H2,1-5H3. The fourth-order valence-electron chi connectivity index (χ4n) is 0.747. The first-order valence-electron chi connectivity index (χ1n) is 4.57. The molecule has 0 fully saturated rings. The van der Waals surface area contributed by atoms with Crippen molar-refractivity contribution in [3.8, 4) is 0 Å². The number of hydroxylamine groups is 1. The van der Waals surface area contributed by atoms with Crippen LogP contribution in [-0.4, -0.2) is 43.8 Å². The number of amides is 1. The van der Waals surface area contributed by atoms with Gasteiger partial charge in [0.1, 0.15) is 5.60 Å². The molecule has 0 aromatic rings. The van der Waals surface area contributed by atoms with Gasteiger partial charge in [-0.15, -0.1) is 0 Å². The Morgan fingerprint density at radius 3 is 2.43 bits per heavy atom. The molecule has 0 saturated carbocycles. The van der Waals surface area contributed by atoms with Crippen LogP contribution in [0.25, 0.3) is 0 Å². The first-order valence-corrected chi connectivity index (χ1v) is 4.57. The molecule has 0 aromatic carbocycles. The maximum Gasteiger partial charge on any atom is 0.410 e. The van der Waals surface area contributed by atoms with Crippen molar-refractivity contribution in [1.29, 1.82) is 0 Å². The van der Waals surface area contributed by atoms with Gasteiger partial charge < -0.3 is 14.5 Å². The van der Waals surface area contributed by atoms with E-state index in [1.165, 1.54) is 12.0 Å². The van der Waals surface area contributed by atoms with E-state index in [0.29, 0.717) is 13.1 Å². The topological polar surface area (TPSA) is 50.8 Å². The molecule has 0 aliphatic carbocycles. The zero-order valence-corrected chi connectivity index (χ0v) is 9.59. The minimum Gasteiger partial charge on any atom is -0.444 e. The Kier molecular flexibility index (Phi) is 5.49. The van der Waals surface area contributed by atoms with Crippen LogP contribution in [0.5, 0.6) is 0 Å². The first kappa shape index (κ1) is 13.2. The van der Waals surface area contributed by atoms with Crippen molar-refractivity contribution in [3.63, 3.8) is 0 Å². The molecule has 0 spiro atoms. The summed E-state index contributed by atoms with van der Waals surface area (Å²) < 4.78 is 5.15. The van der Waals surface area contributed by atoms with Crippen molar-refractivity contribution in [2.45, 2.75) is 26.4 Å². The molecule has 0 unspecified atom stereocenters. The fourth-order valence-corrected chi connectivity index (χ4v) is 0.747. The Labute approximate surface area is 85.3 Å². The summed E-state index contributed by atoms with van der Waals surface area (Å²) in [5.74, 6) is 0. The highest BCUT2D eigenvalue weighted by atomic mass is 16.6. The second kappa shape index (κ2) is 5.82. The molecule has 5 nitrogen and oxygen atoms in total. The zero-order chi connectivity index (χ0) is 11.2. The Morgan fingerprint density at radius 1 is 1.43 bits per heavy atom. The van der Waals surface area contributed by atoms with Crippen LogP contribution in [0.3, 0.4) is 0 Å². The predicted octanol–water partition coefficient (Wildman–Crippen LogP) is 1.00. The van der Waals surface area contributed by atoms with Crippen LogP contribution in [0.1, 0.15) is 20.8 Å². The van der Waals surface area contributed by atoms with E-state index >= 15 is 0 Å². The van der Waals surface area contributed by atoms with Crippen molar-refractivity contribution >= 4 is 6.09 Å². The van der Waals surface area contributed by atoms with Gasteiger partial charge in [-0.25, -0.2) is 10.3 Å². The average molecular weight is 204 g/mol. The molecule has 5 heteroatoms. The molecule has 0 saturated heterocycles. The molecule has 14 heavy (non-hydrogen) atoms. The molecule has 0 heterocycles. The highest BCUT2D eigenvalue weighted by molar-refractivity contribution is 5.67. The van der Waals surface area contributed by atoms with E-state index in [1.54, 1.807) is 7.05 Å². The lowest BCUT2D eigenvalue weighted by atomic mass is 10.2. The molecule has 0 radical (unpaired) electrons. The number of likely N-dealkylation sites (N-methyl/N-ethyl adjacent to an activating group) is 1. The highest BCUT2D eigenvalue weighted by Crippen LogP contribution is 2.08. The second-order valence-corrected chi connectivity index (χ2v) is 4.00. The van der Waals surface area contributed by atoms with Crippen molar-refractivity contribution in [3.05, 3.63) is 0 Å². The lowest BCUT2D eigenvalue weighted by molar-refractivity contribution is 0.0260. The minimum absolute atomic E-state index is 0.324. The molecule has 0 atom stereocenters. The number of rotatable bonds is 4. The van der Waals surface area contributed by atoms with Gasteiger partial charge in [-0.05, 0) is 20.8 Å². The third kappa shape index (κ3) is 6.68. The number of carbonyl (C=O) groups is 1. The van der Waals surface area contributed by atoms with Crippen LogP contribution in [0, 0.1) is 0 Å². The van der Waals surface area contributed by atoms with E-state index in [1.807, 2.05) is 20.8 Å². The first-order chi connectivity index (χ1) is 6.37. The summed E-state index contributed by atoms with van der Waals surface area (Å²) in [6, 6.07) is 0. The van der Waals surface area contributed by atoms with Gasteiger partial charge in [-0.1, -0.05) is 0 Å². The summed E-state index contributed by atoms with van der Waals surface area (Å²) in [5.41, 5.74) is 2.20. The molecule has 0 aliphatic heterocycles. The fraction of sp³-hybridized carbons (Fsp3) is 0.889. The van der Waals surface area contributed by atoms with E-state index in [2.05, 4.69) is 10.3 Å². The Hall–Kier alpha value is -0.810. The minimum atomic E-state index is -0.444. The van der Waals surface area contributed by atoms with Gasteiger partial charge in [-0.3, -0.25) is 0 Å². The number of hydrogen-bond donors (Lipinski definition) is 1. The monoisotopic (exact) mass is 204 g/mol. The molecule has 0 bridgehead atoms. The molecule has 0 aliphatic rings. The average Bonchev–Trinajstić information content (AvgIpc) is 2.01. The van der Waals surface area contributed by atoms with Gasteiger partial charge in [0, 0.05) is 20.1 Å². The lowest BCUT2D eigenvalue weighted by Gasteiger charge is -2.24. The van der Waals surface area contributed by atoms with Gasteiger partial charge >= 0.3 is 6.09 Å². The van der Waals surface area contributed by atoms with Gasteiger partial charge in [0.2, 0.25) is 0 Å². The van der Waals surface area contributed by atoms with Crippen LogP contribution in [0.4, 0.5) is 4.79 Å². The number of ether oxygens (including phenoxy) is 1. The number of hydrogen-bond acceptors (Lipinski definition) is 4. The smallest absolute Gasteiger partial charge is 0.410 e. The SMILES string of the molecule is CONCCN(C)C(=O)OC(C)(C)C. The Balaban J connectivity index is 3.77. The molecular weight excluding hydrogens is 184 g/mol. The molecule has 0 rings (SSSR count). The zero-order valence-electron chi connectivity index (χ0n) is 9.59. The molecule has 84 valence electrons. The quantitative estimate of drug-likeness (QED) is 0.548. The largest absolute Gasteiger partial charge is 0.444 e. The van der Waals surface area contributed by atoms with Gasteiger partial charge in [0.05, 0.1) is 7.11 Å². The van der Waals surface area contributed by atoms with Gasteiger partial charge in [0.25, 0.3) is 0 Å². The number of nitrogens with one attached hydrogen (secondary N) is 1. The lowest BCUT2D eigenvalue weighted by Crippen LogP contribution is -2.37. The summed E-state index contributed by atoms with van der Waals surface area (Å²) in [6.07, 6.45) is -0.324. The second-order valence-electron chi connectivity index (χ2n) is 4.00. The summed E-state index contributed by atoms with van der Waals surface area (Å²) in [4.78, 5) is 17.5. The molecule has 1 amide bonds. The van der Waals surface area contributed by atoms with Crippen LogP contribution >= 0.6 is 0 Å². The molecular formula is C9H20N2O3. The van der Waals surface area contributed by atoms with E-state index < -0.39 is 5.60 Å². The van der Waals surface area contributed by atoms with E-state index in [9.17, 15) is 4.79 Å². The van der Waals surface area contributed by atoms with E-state index in [4.69, 9.17) is 4.74 Å². The van der Waals surface area contributed by atoms with Crippen molar-refractivity contribution in [1.82, 2.24) is 10.4 Å². The number of nitrogens with zero attached hydrogens (tertiary/aromatic N) is 1. The third-order valence-electron chi connectivity index (χ3n) is 1.40. The van der Waals surface area contributed by atoms with Crippen LogP contribution in [0.2, 0.25) is 0 Å². The third-order valence-corrected chi connectivity index (χ3v) is 1.40. The summed E-state index contributed by atoms with van der Waals surface area (Å²) >= 11 is 0. The van der Waals surface area contributed by atoms with Crippen molar-refractivity contribution in [2.24, 2.45) is 0 Å². The summed E-state index contributed by atoms with van der Waals surface area (Å²) in [5, 5.41) is 0. The van der Waals surface area contributed by atoms with E-state index in [-0.39, 0.29) is 6.09 Å². The van der Waals surface area contributed by atoms with Crippen LogP contribution in [-0.2, 0) is 9.57 Å². The van der Waals surface area contributed by atoms with Crippen LogP contribution < -0.4 is 5.48 Å². The molecule has 0 aromatic heterocycles. The molecule has 1 N–H and O–H groups in total. The summed E-state index contributed by atoms with van der Waals surface area (Å²) in [7, 11) is 3.22. The number of carbonyl (C=O) groups excluding carboxylic acids is 1. The maximum absolute atomic E-state index is 11.4. The Bertz CT molecular complexity index is 177. The maximum atomic E-state index is 11.4. The van der Waals surface area contributed by atoms with Gasteiger partial charge in [-0.2, -0.15) is 0 Å².